The van der Waals surface area contributed by atoms with Gasteiger partial charge in [0, 0.05) is 17.2 Å². The third-order valence-electron chi connectivity index (χ3n) is 3.36. The van der Waals surface area contributed by atoms with Gasteiger partial charge in [-0.15, -0.1) is 0 Å². The van der Waals surface area contributed by atoms with Crippen LogP contribution in [-0.2, 0) is 0 Å². The molecule has 0 bridgehead atoms. The maximum Gasteiger partial charge on any atom is 0.200 e. The van der Waals surface area contributed by atoms with E-state index in [1.807, 2.05) is 24.3 Å². The molecule has 0 atom stereocenters. The first-order chi connectivity index (χ1) is 9.72. The smallest absolute Gasteiger partial charge is 0.200 e. The van der Waals surface area contributed by atoms with E-state index in [9.17, 15) is 4.79 Å². The van der Waals surface area contributed by atoms with Gasteiger partial charge in [0.25, 0.3) is 0 Å². The summed E-state index contributed by atoms with van der Waals surface area (Å²) < 4.78 is 16.0. The predicted octanol–water partition coefficient (Wildman–Crippen LogP) is 2.95. The molecule has 20 heavy (non-hydrogen) atoms. The van der Waals surface area contributed by atoms with Crippen molar-refractivity contribution in [3.63, 3.8) is 0 Å². The lowest BCUT2D eigenvalue weighted by Gasteiger charge is -2.10. The number of hydrogen-bond donors (Lipinski definition) is 0. The quantitative estimate of drug-likeness (QED) is 0.841. The van der Waals surface area contributed by atoms with Gasteiger partial charge < -0.3 is 14.2 Å². The van der Waals surface area contributed by atoms with Gasteiger partial charge in [-0.3, -0.25) is 4.79 Å². The minimum Gasteiger partial charge on any atom is -0.497 e. The number of ether oxygens (including phenoxy) is 3. The van der Waals surface area contributed by atoms with Crippen LogP contribution in [0.3, 0.4) is 0 Å². The van der Waals surface area contributed by atoms with E-state index in [2.05, 4.69) is 0 Å². The highest BCUT2D eigenvalue weighted by atomic mass is 16.5. The predicted molar refractivity (Wildman–Crippen MR) is 74.8 cm³/mol. The number of methoxy groups -OCH3 is 2. The lowest BCUT2D eigenvalue weighted by atomic mass is 9.97. The van der Waals surface area contributed by atoms with Gasteiger partial charge in [0.05, 0.1) is 14.2 Å². The normalized spacial score (nSPS) is 12.8. The van der Waals surface area contributed by atoms with Crippen molar-refractivity contribution in [3.8, 4) is 28.4 Å². The summed E-state index contributed by atoms with van der Waals surface area (Å²) in [6, 6.07) is 11.0. The molecular formula is C16H14O4. The zero-order valence-electron chi connectivity index (χ0n) is 11.3. The van der Waals surface area contributed by atoms with Crippen molar-refractivity contribution in [2.24, 2.45) is 0 Å². The molecule has 1 aliphatic heterocycles. The minimum absolute atomic E-state index is 0.0142. The molecule has 0 amide bonds. The molecular weight excluding hydrogens is 256 g/mol. The Hall–Kier alpha value is -2.49. The van der Waals surface area contributed by atoms with Crippen LogP contribution >= 0.6 is 0 Å². The van der Waals surface area contributed by atoms with Crippen LogP contribution in [0.5, 0.6) is 17.2 Å². The Morgan fingerprint density at radius 2 is 1.55 bits per heavy atom. The van der Waals surface area contributed by atoms with Gasteiger partial charge in [-0.1, -0.05) is 0 Å². The first-order valence-electron chi connectivity index (χ1n) is 6.25. The Morgan fingerprint density at radius 1 is 0.900 bits per heavy atom. The highest BCUT2D eigenvalue weighted by Gasteiger charge is 2.22. The summed E-state index contributed by atoms with van der Waals surface area (Å²) in [5.41, 5.74) is 2.36. The van der Waals surface area contributed by atoms with E-state index in [4.69, 9.17) is 14.2 Å². The SMILES string of the molecule is COc1ccc2c(c1)OCC(=O)c1cc(OC)ccc1-2. The molecule has 1 aliphatic rings. The fraction of sp³-hybridized carbons (Fsp3) is 0.188. The zero-order valence-corrected chi connectivity index (χ0v) is 11.3. The molecule has 0 radical (unpaired) electrons. The van der Waals surface area contributed by atoms with Gasteiger partial charge in [-0.2, -0.15) is 0 Å². The average Bonchev–Trinajstić information content (AvgIpc) is 2.64. The van der Waals surface area contributed by atoms with Crippen LogP contribution in [0.15, 0.2) is 36.4 Å². The molecule has 2 aromatic carbocycles. The van der Waals surface area contributed by atoms with Crippen LogP contribution in [0.2, 0.25) is 0 Å². The Labute approximate surface area is 116 Å². The molecule has 0 saturated heterocycles. The van der Waals surface area contributed by atoms with Gasteiger partial charge in [0.2, 0.25) is 5.78 Å². The average molecular weight is 270 g/mol. The number of carbonyl (C=O) groups is 1. The van der Waals surface area contributed by atoms with E-state index in [0.29, 0.717) is 22.8 Å². The van der Waals surface area contributed by atoms with E-state index in [1.165, 1.54) is 0 Å². The van der Waals surface area contributed by atoms with Crippen molar-refractivity contribution in [2.75, 3.05) is 20.8 Å². The van der Waals surface area contributed by atoms with Crippen molar-refractivity contribution in [1.82, 2.24) is 0 Å². The molecule has 0 fully saturated rings. The fourth-order valence-electron chi connectivity index (χ4n) is 2.31. The Kier molecular flexibility index (Phi) is 3.06. The Morgan fingerprint density at radius 3 is 2.25 bits per heavy atom. The van der Waals surface area contributed by atoms with Gasteiger partial charge in [-0.05, 0) is 35.9 Å². The zero-order chi connectivity index (χ0) is 14.1. The summed E-state index contributed by atoms with van der Waals surface area (Å²) in [4.78, 5) is 12.2. The molecule has 2 aromatic rings. The summed E-state index contributed by atoms with van der Waals surface area (Å²) in [5, 5.41) is 0. The summed E-state index contributed by atoms with van der Waals surface area (Å²) in [6.45, 7) is 0.0142. The number of benzene rings is 2. The van der Waals surface area contributed by atoms with E-state index < -0.39 is 0 Å². The minimum atomic E-state index is -0.0610. The van der Waals surface area contributed by atoms with Crippen LogP contribution < -0.4 is 14.2 Å². The van der Waals surface area contributed by atoms with E-state index in [1.54, 1.807) is 26.4 Å². The summed E-state index contributed by atoms with van der Waals surface area (Å²) in [7, 11) is 3.18. The molecule has 0 saturated carbocycles. The van der Waals surface area contributed by atoms with Crippen molar-refractivity contribution < 1.29 is 19.0 Å². The van der Waals surface area contributed by atoms with Crippen molar-refractivity contribution in [1.29, 1.82) is 0 Å². The molecule has 0 aromatic heterocycles. The van der Waals surface area contributed by atoms with E-state index in [0.717, 1.165) is 11.1 Å². The van der Waals surface area contributed by atoms with Gasteiger partial charge in [0.1, 0.15) is 17.2 Å². The largest absolute Gasteiger partial charge is 0.497 e. The van der Waals surface area contributed by atoms with Crippen molar-refractivity contribution in [3.05, 3.63) is 42.0 Å². The molecule has 0 spiro atoms. The highest BCUT2D eigenvalue weighted by Crippen LogP contribution is 2.38. The van der Waals surface area contributed by atoms with Crippen LogP contribution in [0, 0.1) is 0 Å². The summed E-state index contributed by atoms with van der Waals surface area (Å²) in [5.74, 6) is 1.96. The van der Waals surface area contributed by atoms with Crippen LogP contribution in [0.25, 0.3) is 11.1 Å². The van der Waals surface area contributed by atoms with Gasteiger partial charge in [-0.25, -0.2) is 0 Å². The summed E-state index contributed by atoms with van der Waals surface area (Å²) in [6.07, 6.45) is 0. The number of hydrogen-bond acceptors (Lipinski definition) is 4. The second kappa shape index (κ2) is 4.89. The summed E-state index contributed by atoms with van der Waals surface area (Å²) >= 11 is 0. The molecule has 0 unspecified atom stereocenters. The van der Waals surface area contributed by atoms with Crippen LogP contribution in [0.1, 0.15) is 10.4 Å². The first kappa shape index (κ1) is 12.5. The fourth-order valence-corrected chi connectivity index (χ4v) is 2.31. The third-order valence-corrected chi connectivity index (χ3v) is 3.36. The standard InChI is InChI=1S/C16H14O4/c1-18-10-3-5-12-13-6-4-11(19-2)8-16(13)20-9-15(17)14(12)7-10/h3-8H,9H2,1-2H3. The molecule has 0 aliphatic carbocycles. The number of ketones is 1. The Bertz CT molecular complexity index is 676. The maximum atomic E-state index is 12.2. The number of Topliss-reactive ketones (excluding diaryl/α,β-unsaturated/α-hetero) is 1. The lowest BCUT2D eigenvalue weighted by molar-refractivity contribution is 0.0925. The molecule has 0 N–H and O–H groups in total. The van der Waals surface area contributed by atoms with Crippen LogP contribution in [0.4, 0.5) is 0 Å². The molecule has 4 nitrogen and oxygen atoms in total. The molecule has 3 rings (SSSR count). The lowest BCUT2D eigenvalue weighted by Crippen LogP contribution is -2.09. The number of carbonyl (C=O) groups excluding carboxylic acids is 1. The van der Waals surface area contributed by atoms with Gasteiger partial charge >= 0.3 is 0 Å². The molecule has 102 valence electrons. The monoisotopic (exact) mass is 270 g/mol. The van der Waals surface area contributed by atoms with Gasteiger partial charge in [0.15, 0.2) is 6.61 Å². The third kappa shape index (κ3) is 1.99. The first-order valence-corrected chi connectivity index (χ1v) is 6.25. The van der Waals surface area contributed by atoms with E-state index >= 15 is 0 Å². The maximum absolute atomic E-state index is 12.2. The second-order valence-electron chi connectivity index (χ2n) is 4.49. The second-order valence-corrected chi connectivity index (χ2v) is 4.49. The van der Waals surface area contributed by atoms with Crippen LogP contribution in [-0.4, -0.2) is 26.6 Å². The molecule has 1 heterocycles. The van der Waals surface area contributed by atoms with Crippen molar-refractivity contribution >= 4 is 5.78 Å². The highest BCUT2D eigenvalue weighted by molar-refractivity contribution is 6.05. The number of rotatable bonds is 2. The Balaban J connectivity index is 2.20. The molecule has 4 heteroatoms. The van der Waals surface area contributed by atoms with E-state index in [-0.39, 0.29) is 12.4 Å². The van der Waals surface area contributed by atoms with Crippen molar-refractivity contribution in [2.45, 2.75) is 0 Å². The topological polar surface area (TPSA) is 44.8 Å². The number of fused-ring (bicyclic) bond motifs is 3.